The van der Waals surface area contributed by atoms with Crippen molar-refractivity contribution in [1.82, 2.24) is 10.1 Å². The Morgan fingerprint density at radius 2 is 1.71 bits per heavy atom. The molecule has 10 nitrogen and oxygen atoms in total. The summed E-state index contributed by atoms with van der Waals surface area (Å²) in [5.41, 5.74) is 1.97. The number of anilines is 2. The molecule has 0 bridgehead atoms. The van der Waals surface area contributed by atoms with Crippen LogP contribution in [0.1, 0.15) is 36.9 Å². The first-order valence-electron chi connectivity index (χ1n) is 12.3. The molecule has 0 aliphatic carbocycles. The summed E-state index contributed by atoms with van der Waals surface area (Å²) in [7, 11) is -5.09. The zero-order chi connectivity index (χ0) is 31.0. The van der Waals surface area contributed by atoms with Crippen LogP contribution in [-0.2, 0) is 19.7 Å². The minimum Gasteiger partial charge on any atom is -0.337 e. The lowest BCUT2D eigenvalue weighted by Crippen LogP contribution is -2.34. The lowest BCUT2D eigenvalue weighted by molar-refractivity contribution is 0.102. The number of likely N-dealkylation sites (N-methyl/N-ethyl adjacent to an activating group) is 1. The molecule has 1 aromatic carbocycles. The van der Waals surface area contributed by atoms with Crippen molar-refractivity contribution in [3.8, 4) is 0 Å². The Morgan fingerprint density at radius 1 is 1.07 bits per heavy atom. The first-order valence-corrected chi connectivity index (χ1v) is 16.6. The number of nitrogens with one attached hydrogen (secondary N) is 2. The van der Waals surface area contributed by atoms with E-state index in [4.69, 9.17) is 16.1 Å². The molecule has 3 rings (SSSR count). The highest BCUT2D eigenvalue weighted by atomic mass is 35.5. The fraction of sp³-hybridized carbons (Fsp3) is 0.333. The summed E-state index contributed by atoms with van der Waals surface area (Å²) < 4.78 is 60.3. The van der Waals surface area contributed by atoms with Gasteiger partial charge in [0, 0.05) is 4.88 Å². The second-order valence-electron chi connectivity index (χ2n) is 9.74. The number of carbonyl (C=O) groups is 1. The molecule has 1 amide bonds. The number of halogens is 1. The number of aromatic nitrogens is 1. The smallest absolute Gasteiger partial charge is 0.267 e. The lowest BCUT2D eigenvalue weighted by Gasteiger charge is -2.24. The van der Waals surface area contributed by atoms with Gasteiger partial charge in [-0.25, -0.2) is 16.8 Å². The highest BCUT2D eigenvalue weighted by Gasteiger charge is 2.36. The molecular weight excluding hydrogens is 608 g/mol. The van der Waals surface area contributed by atoms with Crippen molar-refractivity contribution in [1.29, 1.82) is 0 Å². The first kappa shape index (κ1) is 32.5. The molecule has 2 N–H and O–H groups in total. The first-order chi connectivity index (χ1) is 19.0. The molecule has 0 radical (unpaired) electrons. The fourth-order valence-corrected chi connectivity index (χ4v) is 9.52. The van der Waals surface area contributed by atoms with Gasteiger partial charge >= 0.3 is 0 Å². The number of amides is 1. The van der Waals surface area contributed by atoms with E-state index in [0.717, 1.165) is 17.4 Å². The summed E-state index contributed by atoms with van der Waals surface area (Å²) in [6.45, 7) is 15.6. The Balaban J connectivity index is 2.13. The molecular formula is C27H33ClN4O6S3. The molecule has 0 saturated heterocycles. The molecule has 2 aromatic heterocycles. The molecule has 0 spiro atoms. The Kier molecular flexibility index (Phi) is 9.60. The molecule has 0 aliphatic heterocycles. The normalized spacial score (nSPS) is 13.6. The summed E-state index contributed by atoms with van der Waals surface area (Å²) in [6.07, 6.45) is 2.46. The van der Waals surface area contributed by atoms with Gasteiger partial charge in [-0.15, -0.1) is 17.9 Å². The maximum Gasteiger partial charge on any atom is 0.267 e. The highest BCUT2D eigenvalue weighted by Crippen LogP contribution is 2.37. The fourth-order valence-electron chi connectivity index (χ4n) is 4.29. The number of benzene rings is 1. The zero-order valence-corrected chi connectivity index (χ0v) is 27.0. The van der Waals surface area contributed by atoms with Crippen molar-refractivity contribution < 1.29 is 26.2 Å². The Morgan fingerprint density at radius 3 is 2.22 bits per heavy atom. The third kappa shape index (κ3) is 6.14. The molecule has 2 unspecified atom stereocenters. The molecule has 0 saturated carbocycles. The Bertz CT molecular complexity index is 1740. The molecule has 2 atom stereocenters. The monoisotopic (exact) mass is 640 g/mol. The zero-order valence-electron chi connectivity index (χ0n) is 23.8. The van der Waals surface area contributed by atoms with E-state index in [0.29, 0.717) is 27.3 Å². The van der Waals surface area contributed by atoms with Crippen LogP contribution in [0.25, 0.3) is 0 Å². The summed E-state index contributed by atoms with van der Waals surface area (Å²) in [5.74, 6) is -0.833. The number of thiophene rings is 1. The van der Waals surface area contributed by atoms with Crippen LogP contribution in [0.2, 0.25) is 5.02 Å². The molecule has 2 heterocycles. The minimum absolute atomic E-state index is 0.0590. The van der Waals surface area contributed by atoms with Crippen molar-refractivity contribution in [3.05, 3.63) is 74.6 Å². The van der Waals surface area contributed by atoms with Crippen LogP contribution in [-0.4, -0.2) is 57.6 Å². The minimum atomic E-state index is -4.28. The third-order valence-corrected chi connectivity index (χ3v) is 12.5. The summed E-state index contributed by atoms with van der Waals surface area (Å²) in [4.78, 5) is 15.4. The second kappa shape index (κ2) is 12.1. The average molecular weight is 641 g/mol. The van der Waals surface area contributed by atoms with Crippen molar-refractivity contribution in [2.75, 3.05) is 24.7 Å². The van der Waals surface area contributed by atoms with Crippen LogP contribution in [0.3, 0.4) is 0 Å². The van der Waals surface area contributed by atoms with Gasteiger partial charge in [-0.1, -0.05) is 41.6 Å². The average Bonchev–Trinajstić information content (AvgIpc) is 3.36. The van der Waals surface area contributed by atoms with Gasteiger partial charge in [0.2, 0.25) is 15.7 Å². The Hall–Kier alpha value is -2.97. The predicted octanol–water partition coefficient (Wildman–Crippen LogP) is 5.43. The molecule has 41 heavy (non-hydrogen) atoms. The van der Waals surface area contributed by atoms with Crippen LogP contribution in [0, 0.1) is 34.6 Å². The van der Waals surface area contributed by atoms with E-state index in [2.05, 4.69) is 28.9 Å². The van der Waals surface area contributed by atoms with Gasteiger partial charge in [0.15, 0.2) is 15.2 Å². The standard InChI is InChI=1S/C27H33ClN4O6S3/c1-10-20(29-27-22(28)17(6)31-38-27)41(36,37)25-16(5)18(7)39-24(25)26(33)30-23-15(4)12-14(3)13-19(23)40(34,35)21(11-2)32(8)9/h10-13,20-21,29H,1-2H2,3-9H3,(H,30,33). The van der Waals surface area contributed by atoms with E-state index >= 15 is 0 Å². The van der Waals surface area contributed by atoms with Gasteiger partial charge in [-0.3, -0.25) is 9.69 Å². The van der Waals surface area contributed by atoms with Gasteiger partial charge < -0.3 is 15.2 Å². The molecule has 222 valence electrons. The molecule has 0 aliphatic rings. The van der Waals surface area contributed by atoms with Crippen LogP contribution >= 0.6 is 22.9 Å². The van der Waals surface area contributed by atoms with Gasteiger partial charge in [0.05, 0.1) is 15.5 Å². The number of carbonyl (C=O) groups excluding carboxylic acids is 1. The number of nitrogens with zero attached hydrogens (tertiary/aromatic N) is 2. The van der Waals surface area contributed by atoms with Crippen molar-refractivity contribution in [3.63, 3.8) is 0 Å². The largest absolute Gasteiger partial charge is 0.337 e. The van der Waals surface area contributed by atoms with Crippen LogP contribution in [0.15, 0.2) is 51.8 Å². The molecule has 0 fully saturated rings. The summed E-state index contributed by atoms with van der Waals surface area (Å²) in [6, 6.07) is 3.21. The SMILES string of the molecule is C=CC(Nc1onc(C)c1Cl)S(=O)(=O)c1c(C(=O)Nc2c(C)cc(C)cc2S(=O)(=O)C(C=C)N(C)C)sc(C)c1C. The number of aryl methyl sites for hydroxylation is 4. The Labute approximate surface area is 249 Å². The number of sulfone groups is 2. The predicted molar refractivity (Wildman–Crippen MR) is 164 cm³/mol. The van der Waals surface area contributed by atoms with Gasteiger partial charge in [0.25, 0.3) is 5.91 Å². The number of hydrogen-bond donors (Lipinski definition) is 2. The maximum absolute atomic E-state index is 13.9. The summed E-state index contributed by atoms with van der Waals surface area (Å²) >= 11 is 7.16. The highest BCUT2D eigenvalue weighted by molar-refractivity contribution is 7.92. The maximum atomic E-state index is 13.9. The van der Waals surface area contributed by atoms with Crippen molar-refractivity contribution >= 4 is 60.1 Å². The second-order valence-corrected chi connectivity index (χ2v) is 15.4. The topological polar surface area (TPSA) is 139 Å². The van der Waals surface area contributed by atoms with E-state index in [-0.39, 0.29) is 31.3 Å². The van der Waals surface area contributed by atoms with E-state index in [1.54, 1.807) is 54.8 Å². The van der Waals surface area contributed by atoms with Crippen LogP contribution < -0.4 is 10.6 Å². The van der Waals surface area contributed by atoms with Gasteiger partial charge in [-0.05, 0) is 71.5 Å². The number of rotatable bonds is 11. The van der Waals surface area contributed by atoms with Gasteiger partial charge in [0.1, 0.15) is 21.0 Å². The number of hydrogen-bond acceptors (Lipinski definition) is 10. The van der Waals surface area contributed by atoms with Crippen molar-refractivity contribution in [2.24, 2.45) is 0 Å². The van der Waals surface area contributed by atoms with E-state index < -0.39 is 36.3 Å². The quantitative estimate of drug-likeness (QED) is 0.263. The van der Waals surface area contributed by atoms with Crippen LogP contribution in [0.4, 0.5) is 11.6 Å². The van der Waals surface area contributed by atoms with Crippen LogP contribution in [0.5, 0.6) is 0 Å². The summed E-state index contributed by atoms with van der Waals surface area (Å²) in [5, 5.41) is 6.75. The van der Waals surface area contributed by atoms with E-state index in [1.165, 1.54) is 17.0 Å². The lowest BCUT2D eigenvalue weighted by atomic mass is 10.1. The molecule has 3 aromatic rings. The van der Waals surface area contributed by atoms with Gasteiger partial charge in [-0.2, -0.15) is 0 Å². The van der Waals surface area contributed by atoms with Crippen molar-refractivity contribution in [2.45, 2.75) is 55.2 Å². The van der Waals surface area contributed by atoms with E-state index in [1.807, 2.05) is 0 Å². The van der Waals surface area contributed by atoms with E-state index in [9.17, 15) is 21.6 Å². The third-order valence-electron chi connectivity index (χ3n) is 6.45. The molecule has 14 heteroatoms.